The average Bonchev–Trinajstić information content (AvgIpc) is 2.85. The topological polar surface area (TPSA) is 37.8 Å². The van der Waals surface area contributed by atoms with Crippen LogP contribution < -0.4 is 5.56 Å². The number of nitrogens with zero attached hydrogens (tertiary/aromatic N) is 1. The van der Waals surface area contributed by atoms with Gasteiger partial charge in [0.2, 0.25) is 5.56 Å². The monoisotopic (exact) mass is 404 g/mol. The summed E-state index contributed by atoms with van der Waals surface area (Å²) in [6.07, 6.45) is -8.22. The lowest BCUT2D eigenvalue weighted by Gasteiger charge is -2.14. The maximum Gasteiger partial charge on any atom is 0.417 e. The van der Waals surface area contributed by atoms with E-state index < -0.39 is 30.0 Å². The zero-order valence-electron chi connectivity index (χ0n) is 15.2. The molecule has 0 fully saturated rings. The Labute approximate surface area is 156 Å². The molecule has 28 heavy (non-hydrogen) atoms. The van der Waals surface area contributed by atoms with Crippen LogP contribution in [-0.2, 0) is 25.6 Å². The van der Waals surface area contributed by atoms with Crippen molar-refractivity contribution in [1.82, 2.24) is 9.55 Å². The quantitative estimate of drug-likeness (QED) is 0.567. The highest BCUT2D eigenvalue weighted by Crippen LogP contribution is 2.41. The van der Waals surface area contributed by atoms with Crippen molar-refractivity contribution < 1.29 is 26.3 Å². The molecule has 3 aromatic rings. The molecule has 0 aliphatic heterocycles. The SMILES string of the molecule is CCCc1c(CC)c2c3c(C(F)(F)F)cc(=O)[nH]c3ccc2n1CC(F)(F)F. The molecule has 0 aliphatic rings. The van der Waals surface area contributed by atoms with E-state index in [4.69, 9.17) is 0 Å². The van der Waals surface area contributed by atoms with E-state index in [1.54, 1.807) is 13.8 Å². The van der Waals surface area contributed by atoms with E-state index in [2.05, 4.69) is 4.98 Å². The molecule has 0 bridgehead atoms. The predicted molar refractivity (Wildman–Crippen MR) is 94.5 cm³/mol. The number of aryl methyl sites for hydroxylation is 1. The standard InChI is InChI=1S/C19H18F6N2O/c1-3-5-13-10(4-2)16-14(27(13)9-18(20,21)22)7-6-12-17(16)11(19(23,24)25)8-15(28)26-12/h6-8H,3-5,9H2,1-2H3,(H,26,28). The van der Waals surface area contributed by atoms with Crippen LogP contribution in [0.15, 0.2) is 23.0 Å². The Morgan fingerprint density at radius 2 is 1.71 bits per heavy atom. The summed E-state index contributed by atoms with van der Waals surface area (Å²) < 4.78 is 81.6. The molecule has 0 atom stereocenters. The van der Waals surface area contributed by atoms with Gasteiger partial charge >= 0.3 is 12.4 Å². The van der Waals surface area contributed by atoms with Crippen LogP contribution >= 0.6 is 0 Å². The molecule has 0 aliphatic carbocycles. The molecule has 1 N–H and O–H groups in total. The molecule has 152 valence electrons. The van der Waals surface area contributed by atoms with E-state index >= 15 is 0 Å². The third-order valence-electron chi connectivity index (χ3n) is 4.74. The number of benzene rings is 1. The Hall–Kier alpha value is -2.45. The van der Waals surface area contributed by atoms with Crippen molar-refractivity contribution in [2.75, 3.05) is 0 Å². The van der Waals surface area contributed by atoms with Crippen LogP contribution in [0, 0.1) is 0 Å². The summed E-state index contributed by atoms with van der Waals surface area (Å²) in [5.74, 6) is 0. The van der Waals surface area contributed by atoms with Gasteiger partial charge in [0, 0.05) is 33.6 Å². The molecule has 2 heterocycles. The van der Waals surface area contributed by atoms with Crippen LogP contribution in [0.2, 0.25) is 0 Å². The van der Waals surface area contributed by atoms with E-state index in [1.165, 1.54) is 12.1 Å². The fourth-order valence-corrected chi connectivity index (χ4v) is 3.82. The Kier molecular flexibility index (Phi) is 4.97. The first-order valence-corrected chi connectivity index (χ1v) is 8.81. The minimum atomic E-state index is -4.82. The normalized spacial score (nSPS) is 13.0. The van der Waals surface area contributed by atoms with Gasteiger partial charge in [0.25, 0.3) is 0 Å². The molecule has 2 aromatic heterocycles. The first-order valence-electron chi connectivity index (χ1n) is 8.81. The number of pyridine rings is 1. The van der Waals surface area contributed by atoms with Gasteiger partial charge in [0.15, 0.2) is 0 Å². The van der Waals surface area contributed by atoms with Crippen LogP contribution in [0.3, 0.4) is 0 Å². The van der Waals surface area contributed by atoms with Crippen LogP contribution in [0.4, 0.5) is 26.3 Å². The summed E-state index contributed by atoms with van der Waals surface area (Å²) in [7, 11) is 0. The van der Waals surface area contributed by atoms with Crippen LogP contribution in [0.25, 0.3) is 21.8 Å². The number of aromatic nitrogens is 2. The van der Waals surface area contributed by atoms with Crippen molar-refractivity contribution in [3.05, 3.63) is 45.4 Å². The minimum absolute atomic E-state index is 0.0470. The zero-order chi connectivity index (χ0) is 20.9. The van der Waals surface area contributed by atoms with Crippen molar-refractivity contribution in [3.63, 3.8) is 0 Å². The number of fused-ring (bicyclic) bond motifs is 3. The summed E-state index contributed by atoms with van der Waals surface area (Å²) in [4.78, 5) is 14.1. The van der Waals surface area contributed by atoms with Gasteiger partial charge in [0.05, 0.1) is 5.56 Å². The highest BCUT2D eigenvalue weighted by Gasteiger charge is 2.36. The summed E-state index contributed by atoms with van der Waals surface area (Å²) >= 11 is 0. The summed E-state index contributed by atoms with van der Waals surface area (Å²) in [5.41, 5.74) is -1.19. The first-order chi connectivity index (χ1) is 13.0. The number of rotatable bonds is 4. The lowest BCUT2D eigenvalue weighted by Crippen LogP contribution is -2.19. The van der Waals surface area contributed by atoms with E-state index in [1.807, 2.05) is 0 Å². The van der Waals surface area contributed by atoms with Crippen LogP contribution in [-0.4, -0.2) is 15.7 Å². The molecule has 0 saturated heterocycles. The molecule has 0 unspecified atom stereocenters. The van der Waals surface area contributed by atoms with E-state index in [0.717, 1.165) is 4.57 Å². The van der Waals surface area contributed by atoms with Crippen LogP contribution in [0.1, 0.15) is 37.1 Å². The number of hydrogen-bond acceptors (Lipinski definition) is 1. The molecule has 0 amide bonds. The summed E-state index contributed by atoms with van der Waals surface area (Å²) in [6.45, 7) is 2.21. The lowest BCUT2D eigenvalue weighted by atomic mass is 9.98. The van der Waals surface area contributed by atoms with Crippen molar-refractivity contribution in [3.8, 4) is 0 Å². The second-order valence-corrected chi connectivity index (χ2v) is 6.66. The van der Waals surface area contributed by atoms with Gasteiger partial charge in [-0.3, -0.25) is 4.79 Å². The second kappa shape index (κ2) is 6.86. The van der Waals surface area contributed by atoms with Crippen molar-refractivity contribution in [2.24, 2.45) is 0 Å². The Morgan fingerprint density at radius 1 is 1.04 bits per heavy atom. The Balaban J connectivity index is 2.55. The molecule has 0 saturated carbocycles. The fraction of sp³-hybridized carbons (Fsp3) is 0.421. The predicted octanol–water partition coefficient (Wildman–Crippen LogP) is 5.58. The average molecular weight is 404 g/mol. The third-order valence-corrected chi connectivity index (χ3v) is 4.74. The summed E-state index contributed by atoms with van der Waals surface area (Å²) in [5, 5.41) is -0.143. The van der Waals surface area contributed by atoms with Gasteiger partial charge in [-0.05, 0) is 30.5 Å². The Bertz CT molecular complexity index is 1090. The molecule has 3 nitrogen and oxygen atoms in total. The van der Waals surface area contributed by atoms with Crippen molar-refractivity contribution >= 4 is 21.8 Å². The molecule has 0 radical (unpaired) electrons. The van der Waals surface area contributed by atoms with Gasteiger partial charge < -0.3 is 9.55 Å². The minimum Gasteiger partial charge on any atom is -0.335 e. The van der Waals surface area contributed by atoms with Gasteiger partial charge in [-0.2, -0.15) is 26.3 Å². The first kappa shape index (κ1) is 20.3. The van der Waals surface area contributed by atoms with Crippen LogP contribution in [0.5, 0.6) is 0 Å². The highest BCUT2D eigenvalue weighted by molar-refractivity contribution is 6.09. The fourth-order valence-electron chi connectivity index (χ4n) is 3.82. The molecule has 0 spiro atoms. The maximum absolute atomic E-state index is 13.6. The highest BCUT2D eigenvalue weighted by atomic mass is 19.4. The van der Waals surface area contributed by atoms with Gasteiger partial charge in [-0.25, -0.2) is 0 Å². The number of alkyl halides is 6. The van der Waals surface area contributed by atoms with Crippen molar-refractivity contribution in [1.29, 1.82) is 0 Å². The number of H-pyrrole nitrogens is 1. The van der Waals surface area contributed by atoms with E-state index in [0.29, 0.717) is 30.2 Å². The molecule has 3 rings (SSSR count). The molecule has 9 heteroatoms. The maximum atomic E-state index is 13.6. The lowest BCUT2D eigenvalue weighted by molar-refractivity contribution is -0.140. The Morgan fingerprint density at radius 3 is 2.25 bits per heavy atom. The number of hydrogen-bond donors (Lipinski definition) is 1. The smallest absolute Gasteiger partial charge is 0.335 e. The van der Waals surface area contributed by atoms with E-state index in [-0.39, 0.29) is 28.2 Å². The zero-order valence-corrected chi connectivity index (χ0v) is 15.2. The third kappa shape index (κ3) is 3.49. The van der Waals surface area contributed by atoms with Crippen molar-refractivity contribution in [2.45, 2.75) is 52.0 Å². The number of halogens is 6. The van der Waals surface area contributed by atoms with Gasteiger partial charge in [0.1, 0.15) is 6.54 Å². The molecular formula is C19H18F6N2O. The molecule has 1 aromatic carbocycles. The second-order valence-electron chi connectivity index (χ2n) is 6.66. The van der Waals surface area contributed by atoms with Gasteiger partial charge in [-0.15, -0.1) is 0 Å². The number of aromatic amines is 1. The molecular weight excluding hydrogens is 386 g/mol. The summed E-state index contributed by atoms with van der Waals surface area (Å²) in [6, 6.07) is 3.04. The largest absolute Gasteiger partial charge is 0.417 e. The van der Waals surface area contributed by atoms with E-state index in [9.17, 15) is 31.1 Å². The number of nitrogens with one attached hydrogen (secondary N) is 1. The van der Waals surface area contributed by atoms with Gasteiger partial charge in [-0.1, -0.05) is 20.3 Å².